The van der Waals surface area contributed by atoms with Gasteiger partial charge in [-0.1, -0.05) is 0 Å². The molecule has 1 aliphatic heterocycles. The molecule has 1 fully saturated rings. The molecule has 0 atom stereocenters. The number of ether oxygens (including phenoxy) is 2. The van der Waals surface area contributed by atoms with E-state index in [9.17, 15) is 14.0 Å². The van der Waals surface area contributed by atoms with Crippen molar-refractivity contribution >= 4 is 17.5 Å². The SMILES string of the molecule is CC(C)(Oc1ccc(F)cc1)C(=O)Nc1ccc(C(=O)N2CCOCC2)cc1. The molecule has 2 amide bonds. The Bertz CT molecular complexity index is 828. The van der Waals surface area contributed by atoms with Gasteiger partial charge in [0.25, 0.3) is 11.8 Å². The Balaban J connectivity index is 1.61. The Morgan fingerprint density at radius 1 is 1.04 bits per heavy atom. The number of morpholine rings is 1. The van der Waals surface area contributed by atoms with Crippen molar-refractivity contribution in [2.45, 2.75) is 19.4 Å². The van der Waals surface area contributed by atoms with E-state index in [1.165, 1.54) is 24.3 Å². The molecular weight excluding hydrogens is 363 g/mol. The molecule has 3 rings (SSSR count). The number of benzene rings is 2. The number of hydrogen-bond donors (Lipinski definition) is 1. The molecule has 0 aliphatic carbocycles. The van der Waals surface area contributed by atoms with Crippen LogP contribution in [0.25, 0.3) is 0 Å². The molecule has 1 aliphatic rings. The van der Waals surface area contributed by atoms with Crippen LogP contribution < -0.4 is 10.1 Å². The fraction of sp³-hybridized carbons (Fsp3) is 0.333. The van der Waals surface area contributed by atoms with Gasteiger partial charge in [0.15, 0.2) is 5.60 Å². The molecule has 7 heteroatoms. The molecule has 1 N–H and O–H groups in total. The van der Waals surface area contributed by atoms with Gasteiger partial charge in [0.1, 0.15) is 11.6 Å². The van der Waals surface area contributed by atoms with E-state index in [0.717, 1.165) is 0 Å². The monoisotopic (exact) mass is 386 g/mol. The molecule has 148 valence electrons. The third-order valence-electron chi connectivity index (χ3n) is 4.42. The Morgan fingerprint density at radius 3 is 2.25 bits per heavy atom. The van der Waals surface area contributed by atoms with E-state index in [1.807, 2.05) is 0 Å². The summed E-state index contributed by atoms with van der Waals surface area (Å²) >= 11 is 0. The summed E-state index contributed by atoms with van der Waals surface area (Å²) in [6, 6.07) is 12.2. The fourth-order valence-corrected chi connectivity index (χ4v) is 2.77. The maximum Gasteiger partial charge on any atom is 0.267 e. The summed E-state index contributed by atoms with van der Waals surface area (Å²) in [7, 11) is 0. The lowest BCUT2D eigenvalue weighted by Crippen LogP contribution is -2.42. The number of rotatable bonds is 5. The first-order valence-electron chi connectivity index (χ1n) is 9.08. The highest BCUT2D eigenvalue weighted by Gasteiger charge is 2.30. The number of hydrogen-bond acceptors (Lipinski definition) is 4. The highest BCUT2D eigenvalue weighted by atomic mass is 19.1. The van der Waals surface area contributed by atoms with E-state index in [2.05, 4.69) is 5.32 Å². The van der Waals surface area contributed by atoms with Crippen LogP contribution in [-0.4, -0.2) is 48.6 Å². The number of halogens is 1. The normalized spacial score (nSPS) is 14.5. The van der Waals surface area contributed by atoms with Crippen molar-refractivity contribution in [1.82, 2.24) is 4.90 Å². The van der Waals surface area contributed by atoms with Crippen LogP contribution in [0.1, 0.15) is 24.2 Å². The van der Waals surface area contributed by atoms with Gasteiger partial charge in [-0.25, -0.2) is 4.39 Å². The van der Waals surface area contributed by atoms with Gasteiger partial charge in [-0.3, -0.25) is 9.59 Å². The second-order valence-corrected chi connectivity index (χ2v) is 7.00. The zero-order valence-electron chi connectivity index (χ0n) is 15.9. The number of nitrogens with one attached hydrogen (secondary N) is 1. The summed E-state index contributed by atoms with van der Waals surface area (Å²) in [6.07, 6.45) is 0. The first-order chi connectivity index (χ1) is 13.3. The number of amides is 2. The molecule has 2 aromatic carbocycles. The third kappa shape index (κ3) is 4.86. The Labute approximate surface area is 163 Å². The first kappa shape index (κ1) is 19.8. The lowest BCUT2D eigenvalue weighted by atomic mass is 10.1. The summed E-state index contributed by atoms with van der Waals surface area (Å²) in [4.78, 5) is 26.8. The summed E-state index contributed by atoms with van der Waals surface area (Å²) in [5, 5.41) is 2.78. The maximum absolute atomic E-state index is 13.0. The lowest BCUT2D eigenvalue weighted by Gasteiger charge is -2.27. The van der Waals surface area contributed by atoms with Crippen LogP contribution in [0.4, 0.5) is 10.1 Å². The van der Waals surface area contributed by atoms with Crippen LogP contribution in [0.5, 0.6) is 5.75 Å². The number of nitrogens with zero attached hydrogens (tertiary/aromatic N) is 1. The fourth-order valence-electron chi connectivity index (χ4n) is 2.77. The number of anilines is 1. The molecule has 1 saturated heterocycles. The first-order valence-corrected chi connectivity index (χ1v) is 9.08. The Kier molecular flexibility index (Phi) is 5.94. The van der Waals surface area contributed by atoms with E-state index in [-0.39, 0.29) is 17.6 Å². The van der Waals surface area contributed by atoms with Gasteiger partial charge in [0, 0.05) is 24.3 Å². The van der Waals surface area contributed by atoms with E-state index in [4.69, 9.17) is 9.47 Å². The second-order valence-electron chi connectivity index (χ2n) is 7.00. The van der Waals surface area contributed by atoms with Crippen molar-refractivity contribution < 1.29 is 23.5 Å². The minimum Gasteiger partial charge on any atom is -0.478 e. The summed E-state index contributed by atoms with van der Waals surface area (Å²) in [5.41, 5.74) is -0.0545. The van der Waals surface area contributed by atoms with Crippen LogP contribution in [0.3, 0.4) is 0 Å². The van der Waals surface area contributed by atoms with Crippen molar-refractivity contribution in [3.63, 3.8) is 0 Å². The zero-order valence-corrected chi connectivity index (χ0v) is 15.9. The van der Waals surface area contributed by atoms with E-state index in [1.54, 1.807) is 43.0 Å². The molecule has 0 bridgehead atoms. The van der Waals surface area contributed by atoms with Crippen LogP contribution in [-0.2, 0) is 9.53 Å². The van der Waals surface area contributed by atoms with Gasteiger partial charge >= 0.3 is 0 Å². The van der Waals surface area contributed by atoms with E-state index in [0.29, 0.717) is 43.3 Å². The van der Waals surface area contributed by atoms with Crippen molar-refractivity contribution in [2.24, 2.45) is 0 Å². The minimum absolute atomic E-state index is 0.0545. The maximum atomic E-state index is 13.0. The van der Waals surface area contributed by atoms with Gasteiger partial charge in [0.2, 0.25) is 0 Å². The zero-order chi connectivity index (χ0) is 20.1. The quantitative estimate of drug-likeness (QED) is 0.858. The average Bonchev–Trinajstić information content (AvgIpc) is 2.70. The Hall–Kier alpha value is -2.93. The van der Waals surface area contributed by atoms with E-state index < -0.39 is 5.60 Å². The minimum atomic E-state index is -1.17. The van der Waals surface area contributed by atoms with Gasteiger partial charge < -0.3 is 19.7 Å². The van der Waals surface area contributed by atoms with Crippen LogP contribution >= 0.6 is 0 Å². The van der Waals surface area contributed by atoms with Crippen LogP contribution in [0.15, 0.2) is 48.5 Å². The average molecular weight is 386 g/mol. The number of carbonyl (C=O) groups is 2. The van der Waals surface area contributed by atoms with E-state index >= 15 is 0 Å². The lowest BCUT2D eigenvalue weighted by molar-refractivity contribution is -0.128. The standard InChI is InChI=1S/C21H23FN2O4/c1-21(2,28-18-9-5-16(22)6-10-18)20(26)23-17-7-3-15(4-8-17)19(25)24-11-13-27-14-12-24/h3-10H,11-14H2,1-2H3,(H,23,26). The third-order valence-corrected chi connectivity index (χ3v) is 4.42. The smallest absolute Gasteiger partial charge is 0.267 e. The van der Waals surface area contributed by atoms with Crippen LogP contribution in [0.2, 0.25) is 0 Å². The van der Waals surface area contributed by atoms with Crippen molar-refractivity contribution in [1.29, 1.82) is 0 Å². The largest absolute Gasteiger partial charge is 0.478 e. The molecule has 2 aromatic rings. The molecule has 28 heavy (non-hydrogen) atoms. The summed E-state index contributed by atoms with van der Waals surface area (Å²) < 4.78 is 23.9. The molecule has 0 unspecified atom stereocenters. The van der Waals surface area contributed by atoms with Gasteiger partial charge in [-0.05, 0) is 62.4 Å². The molecule has 6 nitrogen and oxygen atoms in total. The highest BCUT2D eigenvalue weighted by Crippen LogP contribution is 2.21. The topological polar surface area (TPSA) is 67.9 Å². The van der Waals surface area contributed by atoms with Crippen LogP contribution in [0, 0.1) is 5.82 Å². The van der Waals surface area contributed by atoms with Crippen molar-refractivity contribution in [3.8, 4) is 5.75 Å². The molecule has 0 radical (unpaired) electrons. The summed E-state index contributed by atoms with van der Waals surface area (Å²) in [5.74, 6) is -0.389. The van der Waals surface area contributed by atoms with Crippen molar-refractivity contribution in [2.75, 3.05) is 31.6 Å². The molecule has 0 saturated carbocycles. The summed E-state index contributed by atoms with van der Waals surface area (Å²) in [6.45, 7) is 5.49. The highest BCUT2D eigenvalue weighted by molar-refractivity contribution is 5.98. The Morgan fingerprint density at radius 2 is 1.64 bits per heavy atom. The predicted molar refractivity (Wildman–Crippen MR) is 103 cm³/mol. The molecule has 1 heterocycles. The molecular formula is C21H23FN2O4. The predicted octanol–water partition coefficient (Wildman–Crippen LogP) is 3.09. The number of carbonyl (C=O) groups excluding carboxylic acids is 2. The van der Waals surface area contributed by atoms with Gasteiger partial charge in [-0.15, -0.1) is 0 Å². The van der Waals surface area contributed by atoms with Gasteiger partial charge in [-0.2, -0.15) is 0 Å². The second kappa shape index (κ2) is 8.39. The molecule has 0 aromatic heterocycles. The molecule has 0 spiro atoms. The van der Waals surface area contributed by atoms with Gasteiger partial charge in [0.05, 0.1) is 13.2 Å². The van der Waals surface area contributed by atoms with Crippen molar-refractivity contribution in [3.05, 3.63) is 59.9 Å².